The fraction of sp³-hybridized carbons (Fsp3) is 0. The molecule has 15 heavy (non-hydrogen) atoms. The van der Waals surface area contributed by atoms with Gasteiger partial charge >= 0.3 is 0 Å². The molecule has 0 spiro atoms. The first-order chi connectivity index (χ1) is 7.33. The van der Waals surface area contributed by atoms with Crippen LogP contribution in [0.1, 0.15) is 10.6 Å². The van der Waals surface area contributed by atoms with E-state index in [1.807, 2.05) is 0 Å². The molecule has 0 N–H and O–H groups in total. The summed E-state index contributed by atoms with van der Waals surface area (Å²) in [6.07, 6.45) is 0.630. The summed E-state index contributed by atoms with van der Waals surface area (Å²) >= 11 is 0. The molecular formula is C11H7NO3. The zero-order valence-corrected chi connectivity index (χ0v) is 7.71. The van der Waals surface area contributed by atoms with E-state index in [4.69, 9.17) is 4.42 Å². The van der Waals surface area contributed by atoms with E-state index in [2.05, 4.69) is 5.18 Å². The molecule has 1 heterocycles. The molecule has 0 amide bonds. The van der Waals surface area contributed by atoms with Gasteiger partial charge in [-0.1, -0.05) is 12.1 Å². The average molecular weight is 201 g/mol. The number of carbonyl (C=O) groups is 1. The van der Waals surface area contributed by atoms with Gasteiger partial charge in [-0.25, -0.2) is 0 Å². The van der Waals surface area contributed by atoms with Gasteiger partial charge in [-0.3, -0.25) is 4.79 Å². The fourth-order valence-corrected chi connectivity index (χ4v) is 1.29. The van der Waals surface area contributed by atoms with Crippen molar-refractivity contribution in [2.45, 2.75) is 0 Å². The molecule has 0 unspecified atom stereocenters. The lowest BCUT2D eigenvalue weighted by atomic mass is 10.1. The summed E-state index contributed by atoms with van der Waals surface area (Å²) in [6.45, 7) is 0. The molecule has 2 aromatic rings. The van der Waals surface area contributed by atoms with Crippen molar-refractivity contribution in [1.29, 1.82) is 0 Å². The standard InChI is InChI=1S/C11H7NO3/c13-7-10-4-5-11(15-10)8-2-1-3-9(6-8)12-14/h1-7H. The van der Waals surface area contributed by atoms with E-state index in [0.29, 0.717) is 17.7 Å². The lowest BCUT2D eigenvalue weighted by Crippen LogP contribution is -1.73. The molecule has 0 atom stereocenters. The quantitative estimate of drug-likeness (QED) is 0.566. The summed E-state index contributed by atoms with van der Waals surface area (Å²) in [6, 6.07) is 9.93. The Morgan fingerprint density at radius 3 is 2.73 bits per heavy atom. The molecule has 0 fully saturated rings. The number of carbonyl (C=O) groups excluding carboxylic acids is 1. The molecule has 1 aromatic heterocycles. The number of hydrogen-bond donors (Lipinski definition) is 0. The third-order valence-electron chi connectivity index (χ3n) is 1.98. The second kappa shape index (κ2) is 3.88. The highest BCUT2D eigenvalue weighted by molar-refractivity contribution is 5.73. The highest BCUT2D eigenvalue weighted by Gasteiger charge is 2.04. The van der Waals surface area contributed by atoms with Crippen molar-refractivity contribution in [3.05, 3.63) is 47.1 Å². The van der Waals surface area contributed by atoms with Gasteiger partial charge in [-0.05, 0) is 29.4 Å². The number of nitrogens with zero attached hydrogens (tertiary/aromatic N) is 1. The van der Waals surface area contributed by atoms with Crippen LogP contribution in [0.3, 0.4) is 0 Å². The van der Waals surface area contributed by atoms with Crippen LogP contribution in [0.4, 0.5) is 5.69 Å². The number of rotatable bonds is 3. The molecule has 0 aliphatic heterocycles. The van der Waals surface area contributed by atoms with Crippen LogP contribution < -0.4 is 0 Å². The zero-order chi connectivity index (χ0) is 10.7. The van der Waals surface area contributed by atoms with Crippen molar-refractivity contribution in [3.63, 3.8) is 0 Å². The molecule has 0 radical (unpaired) electrons. The molecule has 0 saturated heterocycles. The third-order valence-corrected chi connectivity index (χ3v) is 1.98. The van der Waals surface area contributed by atoms with E-state index in [1.54, 1.807) is 36.4 Å². The normalized spacial score (nSPS) is 9.87. The molecule has 4 nitrogen and oxygen atoms in total. The van der Waals surface area contributed by atoms with Gasteiger partial charge in [0, 0.05) is 5.56 Å². The number of aldehydes is 1. The fourth-order valence-electron chi connectivity index (χ4n) is 1.29. The minimum Gasteiger partial charge on any atom is -0.453 e. The van der Waals surface area contributed by atoms with Gasteiger partial charge in [0.2, 0.25) is 0 Å². The smallest absolute Gasteiger partial charge is 0.185 e. The molecule has 0 aliphatic carbocycles. The molecule has 74 valence electrons. The predicted octanol–water partition coefficient (Wildman–Crippen LogP) is 3.16. The summed E-state index contributed by atoms with van der Waals surface area (Å²) in [5.74, 6) is 0.803. The number of furan rings is 1. The maximum Gasteiger partial charge on any atom is 0.185 e. The Morgan fingerprint density at radius 2 is 2.07 bits per heavy atom. The van der Waals surface area contributed by atoms with Crippen molar-refractivity contribution in [2.24, 2.45) is 5.18 Å². The largest absolute Gasteiger partial charge is 0.453 e. The molecule has 0 aliphatic rings. The first-order valence-electron chi connectivity index (χ1n) is 4.32. The minimum absolute atomic E-state index is 0.259. The van der Waals surface area contributed by atoms with Gasteiger partial charge < -0.3 is 4.42 Å². The minimum atomic E-state index is 0.259. The third kappa shape index (κ3) is 1.83. The van der Waals surface area contributed by atoms with Crippen molar-refractivity contribution in [2.75, 3.05) is 0 Å². The van der Waals surface area contributed by atoms with Crippen LogP contribution in [0.25, 0.3) is 11.3 Å². The highest BCUT2D eigenvalue weighted by Crippen LogP contribution is 2.25. The van der Waals surface area contributed by atoms with Crippen LogP contribution in [0.15, 0.2) is 46.0 Å². The molecule has 0 saturated carbocycles. The van der Waals surface area contributed by atoms with Crippen molar-refractivity contribution in [3.8, 4) is 11.3 Å². The number of benzene rings is 1. The monoisotopic (exact) mass is 201 g/mol. The Morgan fingerprint density at radius 1 is 1.20 bits per heavy atom. The first-order valence-corrected chi connectivity index (χ1v) is 4.32. The summed E-state index contributed by atoms with van der Waals surface area (Å²) in [5.41, 5.74) is 1.05. The van der Waals surface area contributed by atoms with Crippen LogP contribution in [-0.2, 0) is 0 Å². The molecule has 0 bridgehead atoms. The maximum absolute atomic E-state index is 10.4. The van der Waals surface area contributed by atoms with Gasteiger partial charge in [0.05, 0.1) is 0 Å². The Bertz CT molecular complexity index is 502. The molecule has 4 heteroatoms. The van der Waals surface area contributed by atoms with E-state index in [-0.39, 0.29) is 5.76 Å². The average Bonchev–Trinajstić information content (AvgIpc) is 2.78. The lowest BCUT2D eigenvalue weighted by molar-refractivity contribution is 0.110. The van der Waals surface area contributed by atoms with Crippen molar-refractivity contribution in [1.82, 2.24) is 0 Å². The number of hydrogen-bond acceptors (Lipinski definition) is 4. The van der Waals surface area contributed by atoms with Gasteiger partial charge in [0.1, 0.15) is 11.4 Å². The van der Waals surface area contributed by atoms with E-state index in [1.165, 1.54) is 0 Å². The van der Waals surface area contributed by atoms with E-state index < -0.39 is 0 Å². The van der Waals surface area contributed by atoms with Crippen LogP contribution in [0, 0.1) is 4.91 Å². The van der Waals surface area contributed by atoms with Crippen LogP contribution in [0.5, 0.6) is 0 Å². The van der Waals surface area contributed by atoms with Crippen LogP contribution in [-0.4, -0.2) is 6.29 Å². The predicted molar refractivity (Wildman–Crippen MR) is 55.0 cm³/mol. The van der Waals surface area contributed by atoms with Crippen molar-refractivity contribution >= 4 is 12.0 Å². The van der Waals surface area contributed by atoms with Crippen LogP contribution in [0.2, 0.25) is 0 Å². The Hall–Kier alpha value is -2.23. The topological polar surface area (TPSA) is 59.6 Å². The lowest BCUT2D eigenvalue weighted by Gasteiger charge is -1.96. The first kappa shape index (κ1) is 9.33. The SMILES string of the molecule is O=Cc1ccc(-c2cccc(N=O)c2)o1. The Balaban J connectivity index is 2.43. The second-order valence-corrected chi connectivity index (χ2v) is 2.96. The van der Waals surface area contributed by atoms with E-state index in [0.717, 1.165) is 5.56 Å². The molecule has 2 rings (SSSR count). The number of nitroso groups, excluding NO2 is 1. The van der Waals surface area contributed by atoms with E-state index in [9.17, 15) is 9.70 Å². The Kier molecular flexibility index (Phi) is 2.41. The summed E-state index contributed by atoms with van der Waals surface area (Å²) < 4.78 is 5.21. The van der Waals surface area contributed by atoms with Crippen molar-refractivity contribution < 1.29 is 9.21 Å². The summed E-state index contributed by atoms with van der Waals surface area (Å²) in [7, 11) is 0. The summed E-state index contributed by atoms with van der Waals surface area (Å²) in [5, 5.41) is 2.82. The highest BCUT2D eigenvalue weighted by atomic mass is 16.3. The zero-order valence-electron chi connectivity index (χ0n) is 7.71. The van der Waals surface area contributed by atoms with Gasteiger partial charge in [-0.2, -0.15) is 0 Å². The van der Waals surface area contributed by atoms with Crippen LogP contribution >= 0.6 is 0 Å². The van der Waals surface area contributed by atoms with Gasteiger partial charge in [-0.15, -0.1) is 4.91 Å². The molecular weight excluding hydrogens is 194 g/mol. The second-order valence-electron chi connectivity index (χ2n) is 2.96. The van der Waals surface area contributed by atoms with Gasteiger partial charge in [0.15, 0.2) is 12.0 Å². The van der Waals surface area contributed by atoms with E-state index >= 15 is 0 Å². The Labute approximate surface area is 85.5 Å². The molecule has 1 aromatic carbocycles. The van der Waals surface area contributed by atoms with Gasteiger partial charge in [0.25, 0.3) is 0 Å². The summed E-state index contributed by atoms with van der Waals surface area (Å²) in [4.78, 5) is 20.7. The maximum atomic E-state index is 10.4.